The molecule has 0 aliphatic heterocycles. The first-order valence-corrected chi connectivity index (χ1v) is 9.36. The van der Waals surface area contributed by atoms with Crippen LogP contribution in [0.3, 0.4) is 0 Å². The third-order valence-corrected chi connectivity index (χ3v) is 4.66. The van der Waals surface area contributed by atoms with Crippen LogP contribution in [-0.2, 0) is 0 Å². The fourth-order valence-corrected chi connectivity index (χ4v) is 2.95. The average Bonchev–Trinajstić information content (AvgIpc) is 3.31. The van der Waals surface area contributed by atoms with Crippen LogP contribution in [-0.4, -0.2) is 73.2 Å². The Kier molecular flexibility index (Phi) is 12.3. The molecule has 24 heavy (non-hydrogen) atoms. The van der Waals surface area contributed by atoms with Gasteiger partial charge in [-0.25, -0.2) is 0 Å². The Morgan fingerprint density at radius 1 is 1.08 bits per heavy atom. The minimum Gasteiger partial charge on any atom is -0.357 e. The molecule has 0 spiro atoms. The Morgan fingerprint density at radius 2 is 1.67 bits per heavy atom. The summed E-state index contributed by atoms with van der Waals surface area (Å²) in [5.74, 6) is 0.941. The van der Waals surface area contributed by atoms with Crippen molar-refractivity contribution in [3.8, 4) is 0 Å². The summed E-state index contributed by atoms with van der Waals surface area (Å²) in [5.41, 5.74) is 0. The number of guanidine groups is 1. The first kappa shape index (κ1) is 23.9. The summed E-state index contributed by atoms with van der Waals surface area (Å²) in [6.45, 7) is 17.1. The van der Waals surface area contributed by atoms with Crippen LogP contribution in [0.15, 0.2) is 4.99 Å². The van der Waals surface area contributed by atoms with Gasteiger partial charge in [0.05, 0.1) is 6.54 Å². The molecule has 2 N–H and O–H groups in total. The van der Waals surface area contributed by atoms with Crippen molar-refractivity contribution < 1.29 is 0 Å². The Labute approximate surface area is 167 Å². The van der Waals surface area contributed by atoms with Crippen LogP contribution in [0.1, 0.15) is 54.4 Å². The van der Waals surface area contributed by atoms with Crippen molar-refractivity contribution in [2.45, 2.75) is 78.6 Å². The van der Waals surface area contributed by atoms with E-state index < -0.39 is 0 Å². The van der Waals surface area contributed by atoms with Gasteiger partial charge >= 0.3 is 0 Å². The lowest BCUT2D eigenvalue weighted by atomic mass is 10.2. The predicted octanol–water partition coefficient (Wildman–Crippen LogP) is 2.76. The molecule has 1 saturated carbocycles. The van der Waals surface area contributed by atoms with E-state index in [1.165, 1.54) is 12.8 Å². The number of hydrogen-bond donors (Lipinski definition) is 2. The van der Waals surface area contributed by atoms with Crippen LogP contribution >= 0.6 is 24.0 Å². The van der Waals surface area contributed by atoms with Gasteiger partial charge in [0.1, 0.15) is 0 Å². The molecule has 1 aliphatic carbocycles. The highest BCUT2D eigenvalue weighted by Crippen LogP contribution is 2.26. The lowest BCUT2D eigenvalue weighted by molar-refractivity contribution is 0.178. The molecule has 0 amide bonds. The van der Waals surface area contributed by atoms with Gasteiger partial charge in [0.15, 0.2) is 5.96 Å². The fraction of sp³-hybridized carbons (Fsp3) is 0.944. The summed E-state index contributed by atoms with van der Waals surface area (Å²) in [4.78, 5) is 9.73. The highest BCUT2D eigenvalue weighted by molar-refractivity contribution is 14.0. The molecule has 144 valence electrons. The van der Waals surface area contributed by atoms with E-state index in [0.717, 1.165) is 38.2 Å². The van der Waals surface area contributed by atoms with Crippen molar-refractivity contribution >= 4 is 29.9 Å². The van der Waals surface area contributed by atoms with Gasteiger partial charge in [-0.1, -0.05) is 0 Å². The monoisotopic (exact) mass is 453 g/mol. The van der Waals surface area contributed by atoms with Crippen molar-refractivity contribution in [1.82, 2.24) is 20.4 Å². The molecule has 0 heterocycles. The van der Waals surface area contributed by atoms with Crippen LogP contribution in [0, 0.1) is 0 Å². The smallest absolute Gasteiger partial charge is 0.191 e. The Morgan fingerprint density at radius 3 is 2.12 bits per heavy atom. The standard InChI is InChI=1S/C18H39N5.HI/c1-8-19-18(20-11-12-23(14(2)3)15(4)5)21-13-16(6)22(7)17-9-10-17;/h14-17H,8-13H2,1-7H3,(H2,19,20,21);1H. The van der Waals surface area contributed by atoms with Gasteiger partial charge in [-0.2, -0.15) is 0 Å². The number of halogens is 1. The number of nitrogens with one attached hydrogen (secondary N) is 2. The molecule has 6 heteroatoms. The van der Waals surface area contributed by atoms with E-state index in [4.69, 9.17) is 4.99 Å². The largest absolute Gasteiger partial charge is 0.357 e. The molecule has 1 aliphatic rings. The van der Waals surface area contributed by atoms with Crippen molar-refractivity contribution in [2.75, 3.05) is 33.2 Å². The summed E-state index contributed by atoms with van der Waals surface area (Å²) in [5, 5.41) is 6.83. The van der Waals surface area contributed by atoms with E-state index in [9.17, 15) is 0 Å². The molecule has 0 radical (unpaired) electrons. The molecule has 0 bridgehead atoms. The van der Waals surface area contributed by atoms with Crippen LogP contribution in [0.5, 0.6) is 0 Å². The first-order chi connectivity index (χ1) is 10.9. The number of aliphatic imine (C=N–C) groups is 1. The van der Waals surface area contributed by atoms with Gasteiger partial charge in [-0.15, -0.1) is 24.0 Å². The second kappa shape index (κ2) is 12.3. The van der Waals surface area contributed by atoms with E-state index in [-0.39, 0.29) is 24.0 Å². The van der Waals surface area contributed by atoms with E-state index in [2.05, 4.69) is 69.0 Å². The topological polar surface area (TPSA) is 42.9 Å². The molecule has 0 aromatic rings. The normalized spacial score (nSPS) is 16.7. The Hall–Kier alpha value is -0.0800. The zero-order valence-electron chi connectivity index (χ0n) is 16.8. The van der Waals surface area contributed by atoms with E-state index in [0.29, 0.717) is 18.1 Å². The first-order valence-electron chi connectivity index (χ1n) is 9.36. The zero-order chi connectivity index (χ0) is 17.4. The maximum Gasteiger partial charge on any atom is 0.191 e. The van der Waals surface area contributed by atoms with Crippen LogP contribution in [0.2, 0.25) is 0 Å². The highest BCUT2D eigenvalue weighted by atomic mass is 127. The second-order valence-corrected chi connectivity index (χ2v) is 7.32. The lowest BCUT2D eigenvalue weighted by Gasteiger charge is -2.30. The SMILES string of the molecule is CCNC(=NCC(C)N(C)C1CC1)NCCN(C(C)C)C(C)C.I. The number of likely N-dealkylation sites (N-methyl/N-ethyl adjacent to an activating group) is 1. The number of hydrogen-bond acceptors (Lipinski definition) is 3. The van der Waals surface area contributed by atoms with E-state index >= 15 is 0 Å². The Bertz CT molecular complexity index is 347. The predicted molar refractivity (Wildman–Crippen MR) is 117 cm³/mol. The third kappa shape index (κ3) is 8.85. The molecule has 1 rings (SSSR count). The summed E-state index contributed by atoms with van der Waals surface area (Å²) in [6, 6.07) is 2.44. The van der Waals surface area contributed by atoms with Gasteiger partial charge in [0.2, 0.25) is 0 Å². The van der Waals surface area contributed by atoms with E-state index in [1.54, 1.807) is 0 Å². The molecular formula is C18H40IN5. The molecule has 1 fully saturated rings. The fourth-order valence-electron chi connectivity index (χ4n) is 2.95. The van der Waals surface area contributed by atoms with Crippen molar-refractivity contribution in [3.05, 3.63) is 0 Å². The Balaban J connectivity index is 0.00000529. The number of nitrogens with zero attached hydrogens (tertiary/aromatic N) is 3. The quantitative estimate of drug-likeness (QED) is 0.303. The van der Waals surface area contributed by atoms with Gasteiger partial charge < -0.3 is 10.6 Å². The molecule has 1 unspecified atom stereocenters. The molecular weight excluding hydrogens is 413 g/mol. The van der Waals surface area contributed by atoms with Gasteiger partial charge in [-0.05, 0) is 61.4 Å². The molecule has 0 saturated heterocycles. The molecule has 1 atom stereocenters. The average molecular weight is 453 g/mol. The summed E-state index contributed by atoms with van der Waals surface area (Å²) in [6.07, 6.45) is 2.70. The van der Waals surface area contributed by atoms with Crippen LogP contribution in [0.25, 0.3) is 0 Å². The van der Waals surface area contributed by atoms with Crippen LogP contribution < -0.4 is 10.6 Å². The third-order valence-electron chi connectivity index (χ3n) is 4.66. The van der Waals surface area contributed by atoms with Crippen molar-refractivity contribution in [1.29, 1.82) is 0 Å². The van der Waals surface area contributed by atoms with Gasteiger partial charge in [0, 0.05) is 43.8 Å². The highest BCUT2D eigenvalue weighted by Gasteiger charge is 2.28. The summed E-state index contributed by atoms with van der Waals surface area (Å²) < 4.78 is 0. The van der Waals surface area contributed by atoms with Crippen molar-refractivity contribution in [2.24, 2.45) is 4.99 Å². The lowest BCUT2D eigenvalue weighted by Crippen LogP contribution is -2.45. The summed E-state index contributed by atoms with van der Waals surface area (Å²) in [7, 11) is 2.22. The number of rotatable bonds is 10. The second-order valence-electron chi connectivity index (χ2n) is 7.32. The molecule has 0 aromatic heterocycles. The minimum absolute atomic E-state index is 0. The van der Waals surface area contributed by atoms with Crippen molar-refractivity contribution in [3.63, 3.8) is 0 Å². The molecule has 5 nitrogen and oxygen atoms in total. The molecule has 0 aromatic carbocycles. The van der Waals surface area contributed by atoms with Crippen LogP contribution in [0.4, 0.5) is 0 Å². The van der Waals surface area contributed by atoms with Gasteiger partial charge in [0.25, 0.3) is 0 Å². The van der Waals surface area contributed by atoms with Gasteiger partial charge in [-0.3, -0.25) is 14.8 Å². The maximum atomic E-state index is 4.77. The maximum absolute atomic E-state index is 4.77. The minimum atomic E-state index is 0. The summed E-state index contributed by atoms with van der Waals surface area (Å²) >= 11 is 0. The zero-order valence-corrected chi connectivity index (χ0v) is 19.1. The van der Waals surface area contributed by atoms with E-state index in [1.807, 2.05) is 0 Å².